The van der Waals surface area contributed by atoms with E-state index >= 15 is 0 Å². The maximum absolute atomic E-state index is 14.1. The van der Waals surface area contributed by atoms with Gasteiger partial charge in [-0.3, -0.25) is 14.4 Å². The third-order valence-corrected chi connectivity index (χ3v) is 9.09. The monoisotopic (exact) mass is 468 g/mol. The van der Waals surface area contributed by atoms with Crippen LogP contribution in [0.2, 0.25) is 0 Å². The molecule has 4 aliphatic rings. The second-order valence-corrected chi connectivity index (χ2v) is 11.2. The minimum Gasteiger partial charge on any atom is -0.461 e. The molecule has 4 aliphatic heterocycles. The van der Waals surface area contributed by atoms with Crippen LogP contribution in [-0.4, -0.2) is 74.0 Å². The first-order valence-corrected chi connectivity index (χ1v) is 12.1. The van der Waals surface area contributed by atoms with E-state index in [9.17, 15) is 19.5 Å². The summed E-state index contributed by atoms with van der Waals surface area (Å²) >= 11 is 1.51. The quantitative estimate of drug-likeness (QED) is 0.535. The normalized spacial score (nSPS) is 36.1. The topological polar surface area (TPSA) is 87.2 Å². The third-order valence-electron chi connectivity index (χ3n) is 7.29. The first-order chi connectivity index (χ1) is 15.8. The molecule has 5 rings (SSSR count). The second kappa shape index (κ2) is 8.02. The summed E-state index contributed by atoms with van der Waals surface area (Å²) in [4.78, 5) is 44.3. The molecule has 0 aromatic heterocycles. The maximum Gasteiger partial charge on any atom is 0.311 e. The largest absolute Gasteiger partial charge is 0.461 e. The lowest BCUT2D eigenvalue weighted by Crippen LogP contribution is -2.56. The van der Waals surface area contributed by atoms with Crippen molar-refractivity contribution in [2.75, 3.05) is 19.8 Å². The Hall–Kier alpha value is -2.58. The average Bonchev–Trinajstić information content (AvgIpc) is 3.08. The summed E-state index contributed by atoms with van der Waals surface area (Å²) in [7, 11) is 0. The van der Waals surface area contributed by atoms with E-state index in [2.05, 4.69) is 0 Å². The van der Waals surface area contributed by atoms with Gasteiger partial charge in [-0.15, -0.1) is 11.8 Å². The Balaban J connectivity index is 1.61. The highest BCUT2D eigenvalue weighted by Crippen LogP contribution is 2.65. The summed E-state index contributed by atoms with van der Waals surface area (Å²) in [5, 5.41) is 9.96. The number of hydrogen-bond donors (Lipinski definition) is 1. The molecule has 2 amide bonds. The molecule has 1 N–H and O–H groups in total. The summed E-state index contributed by atoms with van der Waals surface area (Å²) in [5.74, 6) is -2.28. The van der Waals surface area contributed by atoms with Crippen LogP contribution in [0.5, 0.6) is 0 Å². The second-order valence-electron chi connectivity index (χ2n) is 9.41. The Bertz CT molecular complexity index is 1040. The molecule has 0 saturated carbocycles. The van der Waals surface area contributed by atoms with Gasteiger partial charge >= 0.3 is 5.97 Å². The number of carbonyl (C=O) groups is 3. The number of benzene rings is 1. The number of rotatable bonds is 4. The number of ether oxygens (including phenoxy) is 1. The van der Waals surface area contributed by atoms with Crippen LogP contribution >= 0.6 is 11.8 Å². The molecule has 0 bridgehead atoms. The average molecular weight is 469 g/mol. The lowest BCUT2D eigenvalue weighted by Gasteiger charge is -2.38. The number of cyclic esters (lactones) is 1. The SMILES string of the molecule is C[C@H](CO)N1C(=O)[C@@H]2[C@H]3C(=O)OCC=C[C@@]3(C)S[C@@]23C=CCN(Cc2ccccc2)C(=O)C13. The Kier molecular flexibility index (Phi) is 5.40. The summed E-state index contributed by atoms with van der Waals surface area (Å²) in [6, 6.07) is 8.38. The lowest BCUT2D eigenvalue weighted by atomic mass is 9.75. The molecule has 2 fully saturated rings. The molecule has 6 atom stereocenters. The van der Waals surface area contributed by atoms with Gasteiger partial charge in [-0.05, 0) is 25.5 Å². The van der Waals surface area contributed by atoms with Crippen LogP contribution in [0.1, 0.15) is 19.4 Å². The van der Waals surface area contributed by atoms with E-state index in [4.69, 9.17) is 4.74 Å². The molecular weight excluding hydrogens is 440 g/mol. The minimum absolute atomic E-state index is 0.162. The van der Waals surface area contributed by atoms with E-state index in [1.807, 2.05) is 61.6 Å². The molecule has 1 spiro atoms. The zero-order valence-corrected chi connectivity index (χ0v) is 19.5. The van der Waals surface area contributed by atoms with Crippen LogP contribution in [-0.2, 0) is 25.7 Å². The van der Waals surface area contributed by atoms with Gasteiger partial charge in [0.1, 0.15) is 12.6 Å². The van der Waals surface area contributed by atoms with Crippen LogP contribution in [0, 0.1) is 11.8 Å². The first kappa shape index (κ1) is 22.2. The Morgan fingerprint density at radius 3 is 2.61 bits per heavy atom. The molecule has 0 aliphatic carbocycles. The van der Waals surface area contributed by atoms with Crippen LogP contribution in [0.15, 0.2) is 54.6 Å². The van der Waals surface area contributed by atoms with E-state index in [1.165, 1.54) is 16.7 Å². The number of amides is 2. The molecule has 4 heterocycles. The van der Waals surface area contributed by atoms with Crippen molar-refractivity contribution in [3.05, 3.63) is 60.2 Å². The number of carbonyl (C=O) groups excluding carboxylic acids is 3. The highest BCUT2D eigenvalue weighted by molar-refractivity contribution is 8.02. The van der Waals surface area contributed by atoms with Gasteiger partial charge in [0.15, 0.2) is 0 Å². The fourth-order valence-corrected chi connectivity index (χ4v) is 7.99. The maximum atomic E-state index is 14.1. The van der Waals surface area contributed by atoms with Gasteiger partial charge in [0.05, 0.1) is 29.2 Å². The van der Waals surface area contributed by atoms with E-state index in [0.717, 1.165) is 5.56 Å². The minimum atomic E-state index is -0.914. The standard InChI is InChI=1S/C25H28N2O5S/c1-16(15-28)27-20-22(30)26(14-17-8-4-3-5-9-17)12-6-11-25(20)18(21(27)29)19-23(31)32-13-7-10-24(19,2)33-25/h3-11,16,18-20,28H,12-15H2,1-2H3/t16-,18+,19+,20?,24-,25+/m1/s1. The van der Waals surface area contributed by atoms with E-state index in [-0.39, 0.29) is 25.0 Å². The zero-order valence-electron chi connectivity index (χ0n) is 18.7. The third kappa shape index (κ3) is 3.26. The number of fused-ring (bicyclic) bond motifs is 2. The number of esters is 1. The highest BCUT2D eigenvalue weighted by atomic mass is 32.2. The van der Waals surface area contributed by atoms with Crippen LogP contribution in [0.3, 0.4) is 0 Å². The van der Waals surface area contributed by atoms with Crippen molar-refractivity contribution >= 4 is 29.5 Å². The van der Waals surface area contributed by atoms with Crippen molar-refractivity contribution in [1.82, 2.24) is 9.80 Å². The molecule has 174 valence electrons. The predicted molar refractivity (Wildman–Crippen MR) is 124 cm³/mol. The number of thioether (sulfide) groups is 1. The molecule has 2 saturated heterocycles. The van der Waals surface area contributed by atoms with Crippen molar-refractivity contribution in [2.45, 2.75) is 42.0 Å². The fraction of sp³-hybridized carbons (Fsp3) is 0.480. The van der Waals surface area contributed by atoms with Crippen molar-refractivity contribution in [3.63, 3.8) is 0 Å². The van der Waals surface area contributed by atoms with Gasteiger partial charge in [0.25, 0.3) is 0 Å². The number of hydrogen-bond acceptors (Lipinski definition) is 6. The predicted octanol–water partition coefficient (Wildman–Crippen LogP) is 1.77. The molecule has 1 unspecified atom stereocenters. The summed E-state index contributed by atoms with van der Waals surface area (Å²) in [6.45, 7) is 4.44. The first-order valence-electron chi connectivity index (χ1n) is 11.3. The molecule has 1 aromatic carbocycles. The van der Waals surface area contributed by atoms with Crippen molar-refractivity contribution < 1.29 is 24.2 Å². The molecule has 8 heteroatoms. The van der Waals surface area contributed by atoms with E-state index < -0.39 is 39.4 Å². The van der Waals surface area contributed by atoms with Gasteiger partial charge in [-0.25, -0.2) is 0 Å². The van der Waals surface area contributed by atoms with Gasteiger partial charge in [0.2, 0.25) is 11.8 Å². The van der Waals surface area contributed by atoms with Crippen LogP contribution in [0.4, 0.5) is 0 Å². The smallest absolute Gasteiger partial charge is 0.311 e. The molecular formula is C25H28N2O5S. The number of likely N-dealkylation sites (tertiary alicyclic amines) is 1. The molecule has 7 nitrogen and oxygen atoms in total. The van der Waals surface area contributed by atoms with Gasteiger partial charge in [-0.1, -0.05) is 48.6 Å². The van der Waals surface area contributed by atoms with Crippen LogP contribution in [0.25, 0.3) is 0 Å². The van der Waals surface area contributed by atoms with Gasteiger partial charge in [0, 0.05) is 17.8 Å². The Morgan fingerprint density at radius 1 is 1.12 bits per heavy atom. The van der Waals surface area contributed by atoms with Crippen molar-refractivity contribution in [2.24, 2.45) is 11.8 Å². The zero-order chi connectivity index (χ0) is 23.4. The summed E-state index contributed by atoms with van der Waals surface area (Å²) in [5.41, 5.74) is 1.00. The summed E-state index contributed by atoms with van der Waals surface area (Å²) < 4.78 is 3.84. The number of nitrogens with zero attached hydrogens (tertiary/aromatic N) is 2. The van der Waals surface area contributed by atoms with Crippen molar-refractivity contribution in [1.29, 1.82) is 0 Å². The molecule has 33 heavy (non-hydrogen) atoms. The number of aliphatic hydroxyl groups is 1. The lowest BCUT2D eigenvalue weighted by molar-refractivity contribution is -0.153. The summed E-state index contributed by atoms with van der Waals surface area (Å²) in [6.07, 6.45) is 7.69. The Labute approximate surface area is 197 Å². The van der Waals surface area contributed by atoms with E-state index in [0.29, 0.717) is 13.1 Å². The van der Waals surface area contributed by atoms with E-state index in [1.54, 1.807) is 11.8 Å². The Morgan fingerprint density at radius 2 is 1.88 bits per heavy atom. The fourth-order valence-electron chi connectivity index (χ4n) is 5.85. The van der Waals surface area contributed by atoms with Gasteiger partial charge in [-0.2, -0.15) is 0 Å². The highest BCUT2D eigenvalue weighted by Gasteiger charge is 2.74. The molecule has 1 aromatic rings. The van der Waals surface area contributed by atoms with Gasteiger partial charge < -0.3 is 19.6 Å². The van der Waals surface area contributed by atoms with Crippen LogP contribution < -0.4 is 0 Å². The molecule has 0 radical (unpaired) electrons. The number of aliphatic hydroxyl groups excluding tert-OH is 1. The van der Waals surface area contributed by atoms with Crippen molar-refractivity contribution in [3.8, 4) is 0 Å².